The van der Waals surface area contributed by atoms with Gasteiger partial charge in [0.2, 0.25) is 0 Å². The minimum atomic E-state index is -0.324. The number of nitrogens with one attached hydrogen (secondary N) is 2. The molecule has 1 aromatic carbocycles. The van der Waals surface area contributed by atoms with E-state index >= 15 is 0 Å². The Morgan fingerprint density at radius 1 is 1.38 bits per heavy atom. The van der Waals surface area contributed by atoms with E-state index in [0.29, 0.717) is 28.6 Å². The van der Waals surface area contributed by atoms with E-state index in [2.05, 4.69) is 11.4 Å². The molecule has 2 aliphatic heterocycles. The first-order valence-electron chi connectivity index (χ1n) is 8.90. The van der Waals surface area contributed by atoms with Crippen molar-refractivity contribution in [2.24, 2.45) is 0 Å². The third kappa shape index (κ3) is 3.26. The van der Waals surface area contributed by atoms with Gasteiger partial charge >= 0.3 is 0 Å². The molecule has 6 nitrogen and oxygen atoms in total. The van der Waals surface area contributed by atoms with Gasteiger partial charge in [-0.05, 0) is 36.1 Å². The van der Waals surface area contributed by atoms with Crippen LogP contribution in [0.1, 0.15) is 18.5 Å². The third-order valence-corrected chi connectivity index (χ3v) is 7.15. The molecule has 2 aromatic rings. The Balaban J connectivity index is 1.75. The van der Waals surface area contributed by atoms with Crippen molar-refractivity contribution in [2.45, 2.75) is 12.8 Å². The number of nitriles is 1. The first-order valence-corrected chi connectivity index (χ1v) is 10.7. The summed E-state index contributed by atoms with van der Waals surface area (Å²) < 4.78 is 8.07. The molecular weight excluding hydrogens is 404 g/mol. The third-order valence-electron chi connectivity index (χ3n) is 4.86. The lowest BCUT2D eigenvalue weighted by Gasteiger charge is -2.26. The van der Waals surface area contributed by atoms with Crippen LogP contribution in [0.5, 0.6) is 5.75 Å². The van der Waals surface area contributed by atoms with Crippen LogP contribution >= 0.6 is 23.5 Å². The van der Waals surface area contributed by atoms with Gasteiger partial charge in [0.15, 0.2) is 0 Å². The Morgan fingerprint density at radius 3 is 2.93 bits per heavy atom. The van der Waals surface area contributed by atoms with Crippen molar-refractivity contribution in [3.63, 3.8) is 0 Å². The number of carbonyl (C=O) groups is 1. The lowest BCUT2D eigenvalue weighted by molar-refractivity contribution is -0.113. The van der Waals surface area contributed by atoms with Crippen LogP contribution in [0.3, 0.4) is 0 Å². The van der Waals surface area contributed by atoms with Gasteiger partial charge in [0.05, 0.1) is 34.8 Å². The molecule has 2 N–H and O–H groups in total. The van der Waals surface area contributed by atoms with E-state index in [0.717, 1.165) is 20.4 Å². The molecule has 3 heterocycles. The van der Waals surface area contributed by atoms with Crippen molar-refractivity contribution < 1.29 is 9.53 Å². The highest BCUT2D eigenvalue weighted by molar-refractivity contribution is 8.24. The molecule has 8 heteroatoms. The number of hydrogen-bond acceptors (Lipinski definition) is 6. The van der Waals surface area contributed by atoms with Gasteiger partial charge in [-0.1, -0.05) is 23.9 Å². The van der Waals surface area contributed by atoms with Crippen molar-refractivity contribution in [2.75, 3.05) is 18.2 Å². The minimum absolute atomic E-state index is 0.214. The Labute approximate surface area is 177 Å². The van der Waals surface area contributed by atoms with Crippen molar-refractivity contribution in [1.29, 1.82) is 10.7 Å². The number of para-hydroxylation sites is 2. The van der Waals surface area contributed by atoms with Crippen LogP contribution in [-0.4, -0.2) is 29.2 Å². The standard InChI is InChI=1S/C21H18N4O2S2/c1-12-16(20(26)24-13-6-3-4-8-15(13)27-2)17-14-7-5-10-25(14)19(23)18(17)21(29-12)28-11-9-22/h3-8,10,17,23H,11H2,1-2H3,(H,24,26). The second-order valence-corrected chi connectivity index (χ2v) is 8.93. The molecule has 29 heavy (non-hydrogen) atoms. The number of rotatable bonds is 5. The Kier molecular flexibility index (Phi) is 5.26. The minimum Gasteiger partial charge on any atom is -0.495 e. The van der Waals surface area contributed by atoms with Crippen molar-refractivity contribution in [1.82, 2.24) is 4.57 Å². The zero-order valence-electron chi connectivity index (χ0n) is 15.9. The summed E-state index contributed by atoms with van der Waals surface area (Å²) in [5.41, 5.74) is 2.91. The average Bonchev–Trinajstić information content (AvgIpc) is 3.30. The SMILES string of the molecule is COc1ccccc1NC(=O)C1=C(C)SC(SCC#N)=C2C(=N)n3cccc3C12. The normalized spacial score (nSPS) is 17.7. The fourth-order valence-electron chi connectivity index (χ4n) is 3.64. The molecule has 1 unspecified atom stereocenters. The molecule has 146 valence electrons. The maximum absolute atomic E-state index is 13.3. The first kappa shape index (κ1) is 19.4. The lowest BCUT2D eigenvalue weighted by Crippen LogP contribution is -2.23. The van der Waals surface area contributed by atoms with Crippen LogP contribution in [0.2, 0.25) is 0 Å². The van der Waals surface area contributed by atoms with Gasteiger partial charge in [-0.25, -0.2) is 0 Å². The highest BCUT2D eigenvalue weighted by Gasteiger charge is 2.43. The molecule has 4 rings (SSSR count). The molecule has 0 fully saturated rings. The number of anilines is 1. The summed E-state index contributed by atoms with van der Waals surface area (Å²) in [6, 6.07) is 13.3. The van der Waals surface area contributed by atoms with Gasteiger partial charge in [-0.15, -0.1) is 11.8 Å². The molecule has 0 bridgehead atoms. The molecule has 0 spiro atoms. The molecule has 0 saturated carbocycles. The second-order valence-electron chi connectivity index (χ2n) is 6.46. The summed E-state index contributed by atoms with van der Waals surface area (Å²) in [4.78, 5) is 14.2. The van der Waals surface area contributed by atoms with Gasteiger partial charge in [0.25, 0.3) is 5.91 Å². The molecule has 0 aliphatic carbocycles. The maximum atomic E-state index is 13.3. The fourth-order valence-corrected chi connectivity index (χ4v) is 5.92. The Bertz CT molecular complexity index is 1120. The predicted molar refractivity (Wildman–Crippen MR) is 117 cm³/mol. The first-order chi connectivity index (χ1) is 14.1. The van der Waals surface area contributed by atoms with Gasteiger partial charge in [0, 0.05) is 23.0 Å². The number of fused-ring (bicyclic) bond motifs is 3. The van der Waals surface area contributed by atoms with E-state index in [1.165, 1.54) is 23.5 Å². The summed E-state index contributed by atoms with van der Waals surface area (Å²) in [6.07, 6.45) is 1.84. The number of thioether (sulfide) groups is 2. The Morgan fingerprint density at radius 2 is 2.17 bits per heavy atom. The van der Waals surface area contributed by atoms with E-state index in [9.17, 15) is 4.79 Å². The van der Waals surface area contributed by atoms with E-state index in [1.807, 2.05) is 42.0 Å². The molecule has 1 atom stereocenters. The summed E-state index contributed by atoms with van der Waals surface area (Å²) in [7, 11) is 1.57. The van der Waals surface area contributed by atoms with Crippen LogP contribution in [0.4, 0.5) is 5.69 Å². The summed E-state index contributed by atoms with van der Waals surface area (Å²) >= 11 is 2.88. The van der Waals surface area contributed by atoms with Crippen LogP contribution in [0.15, 0.2) is 62.9 Å². The van der Waals surface area contributed by atoms with Crippen LogP contribution in [0.25, 0.3) is 0 Å². The fraction of sp³-hybridized carbons (Fsp3) is 0.190. The predicted octanol–water partition coefficient (Wildman–Crippen LogP) is 4.55. The molecule has 0 radical (unpaired) electrons. The van der Waals surface area contributed by atoms with Gasteiger partial charge < -0.3 is 14.6 Å². The van der Waals surface area contributed by atoms with E-state index in [-0.39, 0.29) is 11.8 Å². The number of ether oxygens (including phenoxy) is 1. The zero-order chi connectivity index (χ0) is 20.5. The van der Waals surface area contributed by atoms with Crippen LogP contribution < -0.4 is 10.1 Å². The summed E-state index contributed by atoms with van der Waals surface area (Å²) in [6.45, 7) is 1.92. The second kappa shape index (κ2) is 7.85. The topological polar surface area (TPSA) is 90.9 Å². The van der Waals surface area contributed by atoms with Crippen molar-refractivity contribution >= 4 is 41.0 Å². The van der Waals surface area contributed by atoms with Crippen molar-refractivity contribution in [3.8, 4) is 11.8 Å². The zero-order valence-corrected chi connectivity index (χ0v) is 17.5. The lowest BCUT2D eigenvalue weighted by atomic mass is 9.89. The van der Waals surface area contributed by atoms with Gasteiger partial charge in [-0.2, -0.15) is 5.26 Å². The summed E-state index contributed by atoms with van der Waals surface area (Å²) in [5, 5.41) is 20.6. The molecule has 2 aliphatic rings. The average molecular weight is 423 g/mol. The largest absolute Gasteiger partial charge is 0.495 e. The summed E-state index contributed by atoms with van der Waals surface area (Å²) in [5.74, 6) is 0.712. The van der Waals surface area contributed by atoms with Crippen LogP contribution in [0, 0.1) is 16.7 Å². The number of aromatic nitrogens is 1. The number of nitrogens with zero attached hydrogens (tertiary/aromatic N) is 2. The van der Waals surface area contributed by atoms with E-state index in [4.69, 9.17) is 15.4 Å². The molecular formula is C21H18N4O2S2. The molecule has 0 saturated heterocycles. The van der Waals surface area contributed by atoms with E-state index in [1.54, 1.807) is 19.2 Å². The number of amides is 1. The maximum Gasteiger partial charge on any atom is 0.253 e. The Hall–Kier alpha value is -2.89. The number of benzene rings is 1. The highest BCUT2D eigenvalue weighted by Crippen LogP contribution is 2.53. The van der Waals surface area contributed by atoms with Gasteiger partial charge in [0.1, 0.15) is 11.6 Å². The highest BCUT2D eigenvalue weighted by atomic mass is 32.2. The molecule has 1 amide bonds. The quantitative estimate of drug-likeness (QED) is 0.738. The number of allylic oxidation sites excluding steroid dienone is 2. The van der Waals surface area contributed by atoms with Crippen molar-refractivity contribution in [3.05, 3.63) is 68.6 Å². The number of hydrogen-bond donors (Lipinski definition) is 2. The monoisotopic (exact) mass is 422 g/mol. The number of carbonyl (C=O) groups excluding carboxylic acids is 1. The molecule has 1 aromatic heterocycles. The smallest absolute Gasteiger partial charge is 0.253 e. The van der Waals surface area contributed by atoms with E-state index < -0.39 is 0 Å². The van der Waals surface area contributed by atoms with Crippen LogP contribution in [-0.2, 0) is 4.79 Å². The van der Waals surface area contributed by atoms with Gasteiger partial charge in [-0.3, -0.25) is 10.2 Å². The number of methoxy groups -OCH3 is 1.